The van der Waals surface area contributed by atoms with Gasteiger partial charge >= 0.3 is 12.1 Å². The van der Waals surface area contributed by atoms with E-state index >= 15 is 0 Å². The van der Waals surface area contributed by atoms with Crippen LogP contribution in [0.25, 0.3) is 0 Å². The van der Waals surface area contributed by atoms with Crippen molar-refractivity contribution in [1.29, 1.82) is 0 Å². The quantitative estimate of drug-likeness (QED) is 0.0940. The lowest BCUT2D eigenvalue weighted by atomic mass is 9.84. The summed E-state index contributed by atoms with van der Waals surface area (Å²) in [6.07, 6.45) is 6.80. The molecule has 2 heterocycles. The summed E-state index contributed by atoms with van der Waals surface area (Å²) in [6.45, 7) is 6.17. The molecule has 0 bridgehead atoms. The van der Waals surface area contributed by atoms with Gasteiger partial charge in [-0.2, -0.15) is 0 Å². The number of likely N-dealkylation sites (tertiary alicyclic amines) is 1. The number of nitrogens with one attached hydrogen (secondary N) is 1. The van der Waals surface area contributed by atoms with Gasteiger partial charge in [0.15, 0.2) is 11.5 Å². The summed E-state index contributed by atoms with van der Waals surface area (Å²) in [5.41, 5.74) is 0.786. The predicted molar refractivity (Wildman–Crippen MR) is 198 cm³/mol. The highest BCUT2D eigenvalue weighted by atomic mass is 16.6. The Morgan fingerprint density at radius 2 is 1.80 bits per heavy atom. The number of nitrogens with zero attached hydrogens (tertiary/aromatic N) is 3. The van der Waals surface area contributed by atoms with Gasteiger partial charge in [-0.3, -0.25) is 14.4 Å². The zero-order chi connectivity index (χ0) is 39.1. The van der Waals surface area contributed by atoms with Gasteiger partial charge in [-0.1, -0.05) is 39.0 Å². The molecule has 3 aromatic rings. The number of aromatic nitrogens is 2. The van der Waals surface area contributed by atoms with E-state index in [2.05, 4.69) is 10.3 Å². The van der Waals surface area contributed by atoms with Crippen LogP contribution in [0.5, 0.6) is 17.2 Å². The first-order valence-corrected chi connectivity index (χ1v) is 18.4. The molecule has 54 heavy (non-hydrogen) atoms. The third kappa shape index (κ3) is 11.5. The SMILES string of the molecule is CCC(C)(C)C(=O)C(=O)N1CCCCC1C(=O)OC(CCc1ccc(OC)c(OC)c1)c1cccc(OCCNC(=O)CCCOC(=O)n2ccnc2)c1. The lowest BCUT2D eigenvalue weighted by Crippen LogP contribution is -2.53. The van der Waals surface area contributed by atoms with Crippen molar-refractivity contribution in [2.75, 3.05) is 40.5 Å². The number of benzene rings is 2. The molecule has 1 aliphatic rings. The molecule has 0 saturated carbocycles. The fraction of sp³-hybridized carbons (Fsp3) is 0.500. The first kappa shape index (κ1) is 41.4. The van der Waals surface area contributed by atoms with Gasteiger partial charge in [0.05, 0.1) is 27.4 Å². The van der Waals surface area contributed by atoms with E-state index in [4.69, 9.17) is 23.7 Å². The van der Waals surface area contributed by atoms with Crippen LogP contribution in [0.4, 0.5) is 4.79 Å². The van der Waals surface area contributed by atoms with E-state index in [0.29, 0.717) is 67.9 Å². The number of rotatable bonds is 19. The van der Waals surface area contributed by atoms with Gasteiger partial charge in [-0.25, -0.2) is 19.1 Å². The Morgan fingerprint density at radius 1 is 1.00 bits per heavy atom. The maximum absolute atomic E-state index is 13.9. The molecule has 14 nitrogen and oxygen atoms in total. The average molecular weight is 749 g/mol. The molecule has 1 N–H and O–H groups in total. The van der Waals surface area contributed by atoms with Crippen LogP contribution in [0.3, 0.4) is 0 Å². The van der Waals surface area contributed by atoms with E-state index in [-0.39, 0.29) is 32.1 Å². The third-order valence-corrected chi connectivity index (χ3v) is 9.54. The zero-order valence-corrected chi connectivity index (χ0v) is 31.8. The van der Waals surface area contributed by atoms with Crippen molar-refractivity contribution in [3.63, 3.8) is 0 Å². The van der Waals surface area contributed by atoms with Crippen LogP contribution in [0.15, 0.2) is 61.2 Å². The Hall–Kier alpha value is -5.40. The lowest BCUT2D eigenvalue weighted by molar-refractivity contribution is -0.164. The number of imidazole rings is 1. The zero-order valence-electron chi connectivity index (χ0n) is 31.8. The number of carbonyl (C=O) groups is 5. The van der Waals surface area contributed by atoms with E-state index in [1.807, 2.05) is 31.2 Å². The van der Waals surface area contributed by atoms with Crippen LogP contribution in [0.1, 0.15) is 82.9 Å². The molecule has 292 valence electrons. The second-order valence-electron chi connectivity index (χ2n) is 13.7. The summed E-state index contributed by atoms with van der Waals surface area (Å²) in [5.74, 6) is -0.236. The van der Waals surface area contributed by atoms with Crippen molar-refractivity contribution in [2.24, 2.45) is 5.41 Å². The van der Waals surface area contributed by atoms with Gasteiger partial charge < -0.3 is 33.9 Å². The molecule has 1 aromatic heterocycles. The number of piperidine rings is 1. The second-order valence-corrected chi connectivity index (χ2v) is 13.7. The van der Waals surface area contributed by atoms with E-state index in [1.54, 1.807) is 46.3 Å². The highest BCUT2D eigenvalue weighted by Crippen LogP contribution is 2.32. The largest absolute Gasteiger partial charge is 0.493 e. The molecule has 14 heteroatoms. The number of amides is 2. The highest BCUT2D eigenvalue weighted by Gasteiger charge is 2.41. The topological polar surface area (TPSA) is 165 Å². The number of carbonyl (C=O) groups excluding carboxylic acids is 5. The first-order chi connectivity index (χ1) is 26.0. The van der Waals surface area contributed by atoms with Gasteiger partial charge in [0.25, 0.3) is 5.91 Å². The van der Waals surface area contributed by atoms with Crippen LogP contribution < -0.4 is 19.5 Å². The average Bonchev–Trinajstić information content (AvgIpc) is 3.74. The maximum Gasteiger partial charge on any atom is 0.419 e. The summed E-state index contributed by atoms with van der Waals surface area (Å²) in [6, 6.07) is 12.0. The van der Waals surface area contributed by atoms with Crippen LogP contribution in [-0.2, 0) is 35.1 Å². The smallest absolute Gasteiger partial charge is 0.419 e. The van der Waals surface area contributed by atoms with Crippen LogP contribution >= 0.6 is 0 Å². The molecule has 2 amide bonds. The van der Waals surface area contributed by atoms with Crippen LogP contribution in [0, 0.1) is 5.41 Å². The molecule has 2 unspecified atom stereocenters. The molecular weight excluding hydrogens is 696 g/mol. The van der Waals surface area contributed by atoms with Crippen LogP contribution in [-0.4, -0.2) is 90.7 Å². The Morgan fingerprint density at radius 3 is 2.52 bits per heavy atom. The van der Waals surface area contributed by atoms with Crippen molar-refractivity contribution in [2.45, 2.75) is 84.3 Å². The fourth-order valence-electron chi connectivity index (χ4n) is 5.93. The lowest BCUT2D eigenvalue weighted by Gasteiger charge is -2.36. The summed E-state index contributed by atoms with van der Waals surface area (Å²) in [5, 5.41) is 2.79. The number of hydrogen-bond acceptors (Lipinski definition) is 11. The number of Topliss-reactive ketones (excluding diaryl/α,β-unsaturated/α-hetero) is 1. The number of ketones is 1. The highest BCUT2D eigenvalue weighted by molar-refractivity contribution is 6.38. The molecule has 0 aliphatic carbocycles. The predicted octanol–water partition coefficient (Wildman–Crippen LogP) is 5.46. The molecule has 0 radical (unpaired) electrons. The number of aryl methyl sites for hydroxylation is 1. The minimum absolute atomic E-state index is 0.0930. The van der Waals surface area contributed by atoms with Crippen LogP contribution in [0.2, 0.25) is 0 Å². The van der Waals surface area contributed by atoms with Crippen molar-refractivity contribution in [1.82, 2.24) is 19.8 Å². The third-order valence-electron chi connectivity index (χ3n) is 9.54. The minimum atomic E-state index is -0.877. The Balaban J connectivity index is 1.40. The van der Waals surface area contributed by atoms with Gasteiger partial charge in [0, 0.05) is 30.8 Å². The number of hydrogen-bond donors (Lipinski definition) is 1. The van der Waals surface area contributed by atoms with Crippen molar-refractivity contribution >= 4 is 29.7 Å². The van der Waals surface area contributed by atoms with E-state index in [9.17, 15) is 24.0 Å². The molecule has 1 fully saturated rings. The van der Waals surface area contributed by atoms with Crippen molar-refractivity contribution < 1.29 is 47.7 Å². The van der Waals surface area contributed by atoms with E-state index < -0.39 is 41.3 Å². The molecular formula is C40H52N4O10. The summed E-state index contributed by atoms with van der Waals surface area (Å²) in [4.78, 5) is 69.8. The fourth-order valence-corrected chi connectivity index (χ4v) is 5.93. The number of ether oxygens (including phenoxy) is 5. The molecule has 0 spiro atoms. The molecule has 1 saturated heterocycles. The van der Waals surface area contributed by atoms with E-state index in [0.717, 1.165) is 12.0 Å². The monoisotopic (exact) mass is 748 g/mol. The second kappa shape index (κ2) is 20.2. The number of methoxy groups -OCH3 is 2. The Kier molecular flexibility index (Phi) is 15.4. The Bertz CT molecular complexity index is 1720. The van der Waals surface area contributed by atoms with Gasteiger partial charge in [-0.15, -0.1) is 0 Å². The maximum atomic E-state index is 13.9. The van der Waals surface area contributed by atoms with Crippen molar-refractivity contribution in [3.8, 4) is 17.2 Å². The van der Waals surface area contributed by atoms with Gasteiger partial charge in [0.2, 0.25) is 11.7 Å². The molecule has 4 rings (SSSR count). The molecule has 2 aromatic carbocycles. The van der Waals surface area contributed by atoms with Crippen molar-refractivity contribution in [3.05, 3.63) is 72.3 Å². The minimum Gasteiger partial charge on any atom is -0.493 e. The standard InChI is InChI=1S/C40H52N4O10/c1-6-40(2,3)36(46)37(47)44-21-8-7-13-31(44)38(48)54-32(17-15-28-16-18-33(50-4)34(25-28)51-5)29-11-9-12-30(26-29)52-24-20-42-35(45)14-10-23-53-39(49)43-22-19-41-27-43/h9,11-12,16,18-19,22,25-27,31-32H,6-8,10,13-15,17,20-21,23-24H2,1-5H3,(H,42,45). The number of esters is 1. The van der Waals surface area contributed by atoms with Gasteiger partial charge in [-0.05, 0) is 80.3 Å². The van der Waals surface area contributed by atoms with Gasteiger partial charge in [0.1, 0.15) is 30.8 Å². The molecule has 1 aliphatic heterocycles. The Labute approximate surface area is 316 Å². The normalized spacial score (nSPS) is 14.8. The summed E-state index contributed by atoms with van der Waals surface area (Å²) < 4.78 is 29.4. The summed E-state index contributed by atoms with van der Waals surface area (Å²) >= 11 is 0. The molecule has 2 atom stereocenters. The first-order valence-electron chi connectivity index (χ1n) is 18.4. The van der Waals surface area contributed by atoms with E-state index in [1.165, 1.54) is 28.2 Å². The summed E-state index contributed by atoms with van der Waals surface area (Å²) in [7, 11) is 3.13.